The second kappa shape index (κ2) is 7.47. The van der Waals surface area contributed by atoms with Crippen molar-refractivity contribution in [2.45, 2.75) is 25.9 Å². The number of benzene rings is 2. The zero-order chi connectivity index (χ0) is 18.7. The molecule has 6 heteroatoms. The lowest BCUT2D eigenvalue weighted by Gasteiger charge is -2.18. The number of hydrogen-bond acceptors (Lipinski definition) is 3. The van der Waals surface area contributed by atoms with Gasteiger partial charge in [0.05, 0.1) is 6.54 Å². The van der Waals surface area contributed by atoms with E-state index in [-0.39, 0.29) is 42.9 Å². The molecule has 0 radical (unpaired) electrons. The van der Waals surface area contributed by atoms with Crippen molar-refractivity contribution >= 4 is 17.7 Å². The van der Waals surface area contributed by atoms with Crippen molar-refractivity contribution in [1.82, 2.24) is 9.80 Å². The van der Waals surface area contributed by atoms with Crippen molar-refractivity contribution in [3.63, 3.8) is 0 Å². The second-order valence-electron chi connectivity index (χ2n) is 6.36. The van der Waals surface area contributed by atoms with Crippen LogP contribution in [0.4, 0.5) is 4.39 Å². The van der Waals surface area contributed by atoms with Crippen LogP contribution in [0.15, 0.2) is 48.5 Å². The molecule has 26 heavy (non-hydrogen) atoms. The van der Waals surface area contributed by atoms with E-state index in [9.17, 15) is 18.8 Å². The molecule has 0 spiro atoms. The van der Waals surface area contributed by atoms with Crippen molar-refractivity contribution in [1.29, 1.82) is 0 Å². The maximum Gasteiger partial charge on any atom is 0.253 e. The topological polar surface area (TPSA) is 57.7 Å². The fourth-order valence-electron chi connectivity index (χ4n) is 2.94. The monoisotopic (exact) mass is 354 g/mol. The number of hydrogen-bond donors (Lipinski definition) is 0. The van der Waals surface area contributed by atoms with Crippen LogP contribution in [0.5, 0.6) is 0 Å². The molecule has 134 valence electrons. The van der Waals surface area contributed by atoms with Gasteiger partial charge < -0.3 is 4.90 Å². The van der Waals surface area contributed by atoms with Gasteiger partial charge in [0.15, 0.2) is 0 Å². The Labute approximate surface area is 151 Å². The Kier molecular flexibility index (Phi) is 5.11. The molecule has 1 fully saturated rings. The molecule has 5 nitrogen and oxygen atoms in total. The predicted molar refractivity (Wildman–Crippen MR) is 93.4 cm³/mol. The fraction of sp³-hybridized carbons (Fsp3) is 0.250. The number of nitrogens with zero attached hydrogens (tertiary/aromatic N) is 2. The molecule has 0 unspecified atom stereocenters. The lowest BCUT2D eigenvalue weighted by molar-refractivity contribution is -0.139. The minimum atomic E-state index is -0.335. The molecule has 0 aliphatic carbocycles. The van der Waals surface area contributed by atoms with Gasteiger partial charge in [0.25, 0.3) is 5.91 Å². The SMILES string of the molecule is CN(Cc1cccc(F)c1)C(=O)c1ccc(CN2C(=O)CCC2=O)cc1. The molecule has 1 heterocycles. The Morgan fingerprint density at radius 1 is 1.04 bits per heavy atom. The molecule has 0 aromatic heterocycles. The van der Waals surface area contributed by atoms with E-state index >= 15 is 0 Å². The second-order valence-corrected chi connectivity index (χ2v) is 6.36. The van der Waals surface area contributed by atoms with Gasteiger partial charge in [0, 0.05) is 32.0 Å². The predicted octanol–water partition coefficient (Wildman–Crippen LogP) is 2.75. The summed E-state index contributed by atoms with van der Waals surface area (Å²) in [4.78, 5) is 38.6. The molecular formula is C20H19FN2O3. The van der Waals surface area contributed by atoms with Crippen molar-refractivity contribution in [3.05, 3.63) is 71.0 Å². The van der Waals surface area contributed by atoms with E-state index in [1.807, 2.05) is 0 Å². The first-order chi connectivity index (χ1) is 12.4. The summed E-state index contributed by atoms with van der Waals surface area (Å²) in [6, 6.07) is 13.0. The van der Waals surface area contributed by atoms with Gasteiger partial charge in [-0.15, -0.1) is 0 Å². The highest BCUT2D eigenvalue weighted by Gasteiger charge is 2.28. The van der Waals surface area contributed by atoms with E-state index in [0.717, 1.165) is 5.56 Å². The maximum atomic E-state index is 13.3. The van der Waals surface area contributed by atoms with E-state index in [4.69, 9.17) is 0 Å². The quantitative estimate of drug-likeness (QED) is 0.776. The summed E-state index contributed by atoms with van der Waals surface area (Å²) in [7, 11) is 1.66. The van der Waals surface area contributed by atoms with Crippen LogP contribution in [0.1, 0.15) is 34.3 Å². The lowest BCUT2D eigenvalue weighted by Crippen LogP contribution is -2.28. The molecule has 3 rings (SSSR count). The van der Waals surface area contributed by atoms with Crippen LogP contribution >= 0.6 is 0 Å². The third-order valence-electron chi connectivity index (χ3n) is 4.35. The van der Waals surface area contributed by atoms with Gasteiger partial charge in [0.2, 0.25) is 11.8 Å². The van der Waals surface area contributed by atoms with Crippen LogP contribution in [0.2, 0.25) is 0 Å². The summed E-state index contributed by atoms with van der Waals surface area (Å²) in [5, 5.41) is 0. The number of carbonyl (C=O) groups is 3. The summed E-state index contributed by atoms with van der Waals surface area (Å²) in [5.74, 6) is -0.845. The van der Waals surface area contributed by atoms with E-state index in [2.05, 4.69) is 0 Å². The van der Waals surface area contributed by atoms with Gasteiger partial charge in [-0.05, 0) is 35.4 Å². The first-order valence-corrected chi connectivity index (χ1v) is 8.36. The van der Waals surface area contributed by atoms with Gasteiger partial charge in [-0.1, -0.05) is 24.3 Å². The highest BCUT2D eigenvalue weighted by molar-refractivity contribution is 6.01. The Balaban J connectivity index is 1.64. The van der Waals surface area contributed by atoms with Crippen molar-refractivity contribution < 1.29 is 18.8 Å². The molecule has 3 amide bonds. The fourth-order valence-corrected chi connectivity index (χ4v) is 2.94. The van der Waals surface area contributed by atoms with Crippen LogP contribution in [0.25, 0.3) is 0 Å². The molecule has 0 N–H and O–H groups in total. The van der Waals surface area contributed by atoms with E-state index in [1.165, 1.54) is 21.9 Å². The number of imide groups is 1. The Morgan fingerprint density at radius 2 is 1.69 bits per heavy atom. The van der Waals surface area contributed by atoms with Gasteiger partial charge in [-0.2, -0.15) is 0 Å². The molecule has 0 bridgehead atoms. The zero-order valence-corrected chi connectivity index (χ0v) is 14.4. The van der Waals surface area contributed by atoms with Gasteiger partial charge in [0.1, 0.15) is 5.82 Å². The van der Waals surface area contributed by atoms with Gasteiger partial charge in [-0.25, -0.2) is 4.39 Å². The van der Waals surface area contributed by atoms with Gasteiger partial charge >= 0.3 is 0 Å². The molecule has 0 atom stereocenters. The van der Waals surface area contributed by atoms with Gasteiger partial charge in [-0.3, -0.25) is 19.3 Å². The van der Waals surface area contributed by atoms with Crippen LogP contribution < -0.4 is 0 Å². The molecule has 2 aromatic rings. The normalized spacial score (nSPS) is 14.0. The van der Waals surface area contributed by atoms with Crippen LogP contribution in [0.3, 0.4) is 0 Å². The average molecular weight is 354 g/mol. The highest BCUT2D eigenvalue weighted by Crippen LogP contribution is 2.17. The van der Waals surface area contributed by atoms with Crippen LogP contribution in [-0.2, 0) is 22.7 Å². The number of carbonyl (C=O) groups excluding carboxylic acids is 3. The lowest BCUT2D eigenvalue weighted by atomic mass is 10.1. The Bertz CT molecular complexity index is 832. The highest BCUT2D eigenvalue weighted by atomic mass is 19.1. The largest absolute Gasteiger partial charge is 0.337 e. The molecule has 0 saturated carbocycles. The minimum absolute atomic E-state index is 0.162. The maximum absolute atomic E-state index is 13.3. The summed E-state index contributed by atoms with van der Waals surface area (Å²) < 4.78 is 13.3. The van der Waals surface area contributed by atoms with E-state index in [1.54, 1.807) is 43.4 Å². The summed E-state index contributed by atoms with van der Waals surface area (Å²) in [5.41, 5.74) is 1.99. The number of likely N-dealkylation sites (tertiary alicyclic amines) is 1. The molecule has 1 aliphatic rings. The summed E-state index contributed by atoms with van der Waals surface area (Å²) >= 11 is 0. The standard InChI is InChI=1S/C20H19FN2O3/c1-22(12-15-3-2-4-17(21)11-15)20(26)16-7-5-14(6-8-16)13-23-18(24)9-10-19(23)25/h2-8,11H,9-10,12-13H2,1H3. The molecular weight excluding hydrogens is 335 g/mol. The zero-order valence-electron chi connectivity index (χ0n) is 14.4. The molecule has 1 aliphatic heterocycles. The van der Waals surface area contributed by atoms with E-state index in [0.29, 0.717) is 17.7 Å². The summed E-state index contributed by atoms with van der Waals surface area (Å²) in [6.07, 6.45) is 0.528. The Hall–Kier alpha value is -3.02. The first-order valence-electron chi connectivity index (χ1n) is 8.36. The Morgan fingerprint density at radius 3 is 2.31 bits per heavy atom. The van der Waals surface area contributed by atoms with Crippen molar-refractivity contribution in [2.24, 2.45) is 0 Å². The number of amides is 3. The van der Waals surface area contributed by atoms with Crippen LogP contribution in [-0.4, -0.2) is 34.6 Å². The number of rotatable bonds is 5. The molecule has 2 aromatic carbocycles. The third-order valence-corrected chi connectivity index (χ3v) is 4.35. The van der Waals surface area contributed by atoms with Crippen LogP contribution in [0, 0.1) is 5.82 Å². The summed E-state index contributed by atoms with van der Waals surface area (Å²) in [6.45, 7) is 0.528. The van der Waals surface area contributed by atoms with Crippen molar-refractivity contribution in [3.8, 4) is 0 Å². The average Bonchev–Trinajstić information content (AvgIpc) is 2.94. The third kappa shape index (κ3) is 3.96. The minimum Gasteiger partial charge on any atom is -0.337 e. The smallest absolute Gasteiger partial charge is 0.253 e. The van der Waals surface area contributed by atoms with Crippen molar-refractivity contribution in [2.75, 3.05) is 7.05 Å². The number of halogens is 1. The van der Waals surface area contributed by atoms with E-state index < -0.39 is 0 Å². The first kappa shape index (κ1) is 17.8. The molecule has 1 saturated heterocycles.